The van der Waals surface area contributed by atoms with Crippen molar-refractivity contribution in [3.05, 3.63) is 28.7 Å². The number of anilines is 1. The first-order valence-corrected chi connectivity index (χ1v) is 7.69. The largest absolute Gasteiger partial charge is 0.339 e. The Morgan fingerprint density at radius 2 is 1.90 bits per heavy atom. The summed E-state index contributed by atoms with van der Waals surface area (Å²) in [5.41, 5.74) is 0.746. The minimum atomic E-state index is -1.74. The number of hydrogen-bond donors (Lipinski definition) is 3. The van der Waals surface area contributed by atoms with E-state index in [-0.39, 0.29) is 11.0 Å². The second-order valence-corrected chi connectivity index (χ2v) is 7.38. The second-order valence-electron chi connectivity index (χ2n) is 3.75. The average Bonchev–Trinajstić information content (AvgIpc) is 2.29. The van der Waals surface area contributed by atoms with Crippen molar-refractivity contribution >= 4 is 79.7 Å². The highest BCUT2D eigenvalue weighted by atomic mass is 79.9. The predicted molar refractivity (Wildman–Crippen MR) is 91.4 cm³/mol. The van der Waals surface area contributed by atoms with Crippen LogP contribution in [0.4, 0.5) is 5.69 Å². The van der Waals surface area contributed by atoms with Crippen LogP contribution in [-0.4, -0.2) is 21.0 Å². The smallest absolute Gasteiger partial charge is 0.228 e. The summed E-state index contributed by atoms with van der Waals surface area (Å²) in [6.45, 7) is 1.31. The van der Waals surface area contributed by atoms with Crippen LogP contribution in [0.2, 0.25) is 0 Å². The molecule has 0 aliphatic rings. The molecule has 1 aromatic carbocycles. The molecule has 0 saturated carbocycles. The number of rotatable bonds is 3. The van der Waals surface area contributed by atoms with E-state index in [1.54, 1.807) is 0 Å². The molecule has 1 aromatic rings. The molecule has 0 saturated heterocycles. The fourth-order valence-electron chi connectivity index (χ4n) is 1.26. The molecule has 20 heavy (non-hydrogen) atoms. The van der Waals surface area contributed by atoms with Crippen molar-refractivity contribution in [1.29, 1.82) is 0 Å². The molecule has 1 amide bonds. The third-order valence-electron chi connectivity index (χ3n) is 2.07. The van der Waals surface area contributed by atoms with Crippen LogP contribution in [0.25, 0.3) is 0 Å². The monoisotopic (exact) mass is 417 g/mol. The number of thiocarbonyl (C=S) groups is 1. The molecule has 0 aliphatic carbocycles. The lowest BCUT2D eigenvalue weighted by molar-refractivity contribution is -0.119. The van der Waals surface area contributed by atoms with Gasteiger partial charge < -0.3 is 16.0 Å². The van der Waals surface area contributed by atoms with Gasteiger partial charge in [-0.1, -0.05) is 46.9 Å². The van der Waals surface area contributed by atoms with Gasteiger partial charge in [-0.05, 0) is 40.3 Å². The normalized spacial score (nSPS) is 12.4. The quantitative estimate of drug-likeness (QED) is 0.398. The summed E-state index contributed by atoms with van der Waals surface area (Å²) in [6.07, 6.45) is -0.951. The maximum absolute atomic E-state index is 11.1. The molecule has 3 N–H and O–H groups in total. The maximum Gasteiger partial charge on any atom is 0.228 e. The number of halogens is 4. The van der Waals surface area contributed by atoms with Crippen molar-refractivity contribution < 1.29 is 4.79 Å². The van der Waals surface area contributed by atoms with Gasteiger partial charge in [0.15, 0.2) is 5.11 Å². The van der Waals surface area contributed by atoms with Crippen LogP contribution in [0.1, 0.15) is 6.92 Å². The minimum Gasteiger partial charge on any atom is -0.339 e. The fraction of sp³-hybridized carbons (Fsp3) is 0.273. The predicted octanol–water partition coefficient (Wildman–Crippen LogP) is 3.57. The molecule has 0 aromatic heterocycles. The van der Waals surface area contributed by atoms with E-state index < -0.39 is 9.96 Å². The molecule has 9 heteroatoms. The first-order valence-electron chi connectivity index (χ1n) is 5.36. The molecular weight excluding hydrogens is 408 g/mol. The molecule has 0 fully saturated rings. The Morgan fingerprint density at radius 3 is 2.40 bits per heavy atom. The van der Waals surface area contributed by atoms with Crippen LogP contribution < -0.4 is 16.0 Å². The Kier molecular flexibility index (Phi) is 6.81. The van der Waals surface area contributed by atoms with Crippen LogP contribution in [0.5, 0.6) is 0 Å². The number of alkyl halides is 3. The van der Waals surface area contributed by atoms with Crippen LogP contribution in [0.15, 0.2) is 28.7 Å². The lowest BCUT2D eigenvalue weighted by Crippen LogP contribution is -2.55. The highest BCUT2D eigenvalue weighted by Gasteiger charge is 2.34. The van der Waals surface area contributed by atoms with Crippen molar-refractivity contribution in [2.75, 3.05) is 5.32 Å². The Balaban J connectivity index is 2.72. The summed E-state index contributed by atoms with van der Waals surface area (Å²) < 4.78 is -0.917. The molecule has 1 rings (SSSR count). The van der Waals surface area contributed by atoms with Gasteiger partial charge in [-0.25, -0.2) is 0 Å². The zero-order valence-electron chi connectivity index (χ0n) is 10.2. The highest BCUT2D eigenvalue weighted by Crippen LogP contribution is 2.29. The first-order chi connectivity index (χ1) is 9.20. The third kappa shape index (κ3) is 6.01. The van der Waals surface area contributed by atoms with Crippen LogP contribution in [0, 0.1) is 0 Å². The topological polar surface area (TPSA) is 53.2 Å². The van der Waals surface area contributed by atoms with Crippen molar-refractivity contribution in [3.8, 4) is 0 Å². The minimum absolute atomic E-state index is 0.210. The number of benzene rings is 1. The van der Waals surface area contributed by atoms with E-state index in [0.29, 0.717) is 0 Å². The molecule has 110 valence electrons. The van der Waals surface area contributed by atoms with Gasteiger partial charge in [0.05, 0.1) is 5.69 Å². The lowest BCUT2D eigenvalue weighted by Gasteiger charge is -2.27. The highest BCUT2D eigenvalue weighted by molar-refractivity contribution is 9.10. The number of hydrogen-bond acceptors (Lipinski definition) is 2. The van der Waals surface area contributed by atoms with Gasteiger partial charge in [-0.15, -0.1) is 0 Å². The number of carbonyl (C=O) groups excluding carboxylic acids is 1. The Hall–Kier alpha value is -0.270. The summed E-state index contributed by atoms with van der Waals surface area (Å²) in [6, 6.07) is 7.38. The zero-order chi connectivity index (χ0) is 15.3. The van der Waals surface area contributed by atoms with E-state index in [2.05, 4.69) is 31.9 Å². The molecule has 0 unspecified atom stereocenters. The van der Waals surface area contributed by atoms with Crippen LogP contribution in [-0.2, 0) is 4.79 Å². The summed E-state index contributed by atoms with van der Waals surface area (Å²) in [5.74, 6) is -0.350. The maximum atomic E-state index is 11.1. The Morgan fingerprint density at radius 1 is 1.30 bits per heavy atom. The average molecular weight is 420 g/mol. The van der Waals surface area contributed by atoms with Crippen molar-refractivity contribution in [3.63, 3.8) is 0 Å². The van der Waals surface area contributed by atoms with Gasteiger partial charge >= 0.3 is 0 Å². The number of para-hydroxylation sites is 1. The summed E-state index contributed by atoms with van der Waals surface area (Å²) in [7, 11) is 0. The van der Waals surface area contributed by atoms with Gasteiger partial charge in [-0.3, -0.25) is 4.79 Å². The Bertz CT molecular complexity index is 510. The van der Waals surface area contributed by atoms with Crippen molar-refractivity contribution in [1.82, 2.24) is 10.6 Å². The van der Waals surface area contributed by atoms with Gasteiger partial charge in [0.2, 0.25) is 9.70 Å². The van der Waals surface area contributed by atoms with E-state index in [9.17, 15) is 4.79 Å². The third-order valence-corrected chi connectivity index (χ3v) is 3.64. The number of amides is 1. The van der Waals surface area contributed by atoms with Gasteiger partial charge in [-0.2, -0.15) is 0 Å². The lowest BCUT2D eigenvalue weighted by atomic mass is 10.3. The SMILES string of the molecule is CC(=O)N[C@@H](NC(=S)Nc1ccccc1Br)C(Cl)(Cl)Cl. The molecule has 1 atom stereocenters. The second kappa shape index (κ2) is 7.66. The fourth-order valence-corrected chi connectivity index (χ4v) is 2.19. The molecule has 0 radical (unpaired) electrons. The van der Waals surface area contributed by atoms with Crippen molar-refractivity contribution in [2.45, 2.75) is 16.9 Å². The van der Waals surface area contributed by atoms with Crippen molar-refractivity contribution in [2.24, 2.45) is 0 Å². The molecule has 0 aliphatic heterocycles. The van der Waals surface area contributed by atoms with Crippen LogP contribution >= 0.6 is 63.0 Å². The first kappa shape index (κ1) is 17.8. The van der Waals surface area contributed by atoms with Gasteiger partial charge in [0, 0.05) is 11.4 Å². The standard InChI is InChI=1S/C11H11BrCl3N3OS/c1-6(19)16-9(11(13,14)15)18-10(20)17-8-5-3-2-4-7(8)12/h2-5,9H,1H3,(H,16,19)(H2,17,18,20)/t9-/m0/s1. The summed E-state index contributed by atoms with van der Waals surface area (Å²) >= 11 is 25.8. The van der Waals surface area contributed by atoms with E-state index >= 15 is 0 Å². The molecular formula is C11H11BrCl3N3OS. The van der Waals surface area contributed by atoms with Gasteiger partial charge in [0.25, 0.3) is 0 Å². The summed E-state index contributed by atoms with van der Waals surface area (Å²) in [4.78, 5) is 11.1. The molecule has 4 nitrogen and oxygen atoms in total. The van der Waals surface area contributed by atoms with Crippen LogP contribution in [0.3, 0.4) is 0 Å². The van der Waals surface area contributed by atoms with Gasteiger partial charge in [0.1, 0.15) is 6.17 Å². The number of carbonyl (C=O) groups is 1. The van der Waals surface area contributed by atoms with E-state index in [4.69, 9.17) is 47.0 Å². The number of nitrogens with one attached hydrogen (secondary N) is 3. The zero-order valence-corrected chi connectivity index (χ0v) is 14.9. The molecule has 0 bridgehead atoms. The Labute approximate surface area is 145 Å². The van der Waals surface area contributed by atoms with E-state index in [1.807, 2.05) is 24.3 Å². The van der Waals surface area contributed by atoms with E-state index in [0.717, 1.165) is 10.2 Å². The summed E-state index contributed by atoms with van der Waals surface area (Å²) in [5, 5.41) is 8.34. The van der Waals surface area contributed by atoms with E-state index in [1.165, 1.54) is 6.92 Å². The molecule has 0 heterocycles. The molecule has 0 spiro atoms.